The fourth-order valence-electron chi connectivity index (χ4n) is 3.00. The monoisotopic (exact) mass is 372 g/mol. The topological polar surface area (TPSA) is 103 Å². The fourth-order valence-corrected chi connectivity index (χ4v) is 3.00. The highest BCUT2D eigenvalue weighted by molar-refractivity contribution is 5.90. The van der Waals surface area contributed by atoms with Gasteiger partial charge in [0.15, 0.2) is 5.82 Å². The Morgan fingerprint density at radius 2 is 2.00 bits per heavy atom. The summed E-state index contributed by atoms with van der Waals surface area (Å²) in [5.41, 5.74) is 1.50. The molecule has 3 amide bonds. The molecule has 1 fully saturated rings. The number of aromatic nitrogens is 3. The van der Waals surface area contributed by atoms with Crippen molar-refractivity contribution in [2.75, 3.05) is 45.2 Å². The molecule has 1 saturated heterocycles. The minimum absolute atomic E-state index is 0.0470. The van der Waals surface area contributed by atoms with Crippen LogP contribution in [0.4, 0.5) is 10.5 Å². The van der Waals surface area contributed by atoms with E-state index < -0.39 is 0 Å². The zero-order valence-corrected chi connectivity index (χ0v) is 15.6. The van der Waals surface area contributed by atoms with Crippen LogP contribution in [0.2, 0.25) is 0 Å². The van der Waals surface area contributed by atoms with Gasteiger partial charge in [0.25, 0.3) is 0 Å². The maximum Gasteiger partial charge on any atom is 0.321 e. The van der Waals surface area contributed by atoms with Crippen LogP contribution in [0.25, 0.3) is 11.4 Å². The molecule has 27 heavy (non-hydrogen) atoms. The molecule has 0 aliphatic carbocycles. The highest BCUT2D eigenvalue weighted by Gasteiger charge is 2.22. The molecule has 2 aromatic rings. The summed E-state index contributed by atoms with van der Waals surface area (Å²) in [6, 6.07) is 7.23. The van der Waals surface area contributed by atoms with Gasteiger partial charge in [-0.05, 0) is 25.5 Å². The molecule has 1 aliphatic rings. The second-order valence-electron chi connectivity index (χ2n) is 6.41. The molecule has 2 heterocycles. The van der Waals surface area contributed by atoms with Crippen LogP contribution < -0.4 is 5.32 Å². The van der Waals surface area contributed by atoms with Crippen LogP contribution in [0.5, 0.6) is 0 Å². The first-order valence-corrected chi connectivity index (χ1v) is 8.89. The first kappa shape index (κ1) is 18.8. The highest BCUT2D eigenvalue weighted by atomic mass is 16.5. The molecule has 0 radical (unpaired) electrons. The zero-order chi connectivity index (χ0) is 19.2. The average molecular weight is 372 g/mol. The van der Waals surface area contributed by atoms with Gasteiger partial charge in [-0.25, -0.2) is 9.78 Å². The number of benzene rings is 1. The van der Waals surface area contributed by atoms with Gasteiger partial charge in [0.2, 0.25) is 5.91 Å². The summed E-state index contributed by atoms with van der Waals surface area (Å²) in [4.78, 5) is 32.4. The summed E-state index contributed by atoms with van der Waals surface area (Å²) in [5, 5.41) is 9.87. The maximum absolute atomic E-state index is 12.6. The number of nitrogens with one attached hydrogen (secondary N) is 2. The van der Waals surface area contributed by atoms with Gasteiger partial charge in [0.1, 0.15) is 12.4 Å². The molecule has 144 valence electrons. The van der Waals surface area contributed by atoms with Crippen molar-refractivity contribution < 1.29 is 14.3 Å². The Morgan fingerprint density at radius 3 is 2.74 bits per heavy atom. The molecule has 9 nitrogen and oxygen atoms in total. The van der Waals surface area contributed by atoms with Crippen molar-refractivity contribution in [2.24, 2.45) is 0 Å². The fraction of sp³-hybridized carbons (Fsp3) is 0.444. The molecule has 0 atom stereocenters. The number of carbonyl (C=O) groups excluding carboxylic acids is 2. The number of ether oxygens (including phenoxy) is 1. The lowest BCUT2D eigenvalue weighted by Gasteiger charge is -2.22. The van der Waals surface area contributed by atoms with Crippen molar-refractivity contribution >= 4 is 17.6 Å². The van der Waals surface area contributed by atoms with Crippen LogP contribution in [0.15, 0.2) is 24.3 Å². The first-order valence-electron chi connectivity index (χ1n) is 8.89. The van der Waals surface area contributed by atoms with Crippen LogP contribution in [0.1, 0.15) is 12.2 Å². The Kier molecular flexibility index (Phi) is 6.02. The quantitative estimate of drug-likeness (QED) is 0.846. The Balaban J connectivity index is 1.61. The number of aryl methyl sites for hydroxylation is 1. The van der Waals surface area contributed by atoms with E-state index >= 15 is 0 Å². The molecule has 9 heteroatoms. The summed E-state index contributed by atoms with van der Waals surface area (Å²) in [6.07, 6.45) is 0.735. The molecule has 2 N–H and O–H groups in total. The third-order valence-electron chi connectivity index (χ3n) is 4.37. The third kappa shape index (κ3) is 4.82. The molecule has 3 rings (SSSR count). The van der Waals surface area contributed by atoms with E-state index in [0.29, 0.717) is 37.7 Å². The Morgan fingerprint density at radius 1 is 1.22 bits per heavy atom. The van der Waals surface area contributed by atoms with Gasteiger partial charge in [-0.15, -0.1) is 0 Å². The standard InChI is InChI=1S/C18H24N6O3/c1-13-19-17(22-21-13)14-5-3-6-15(11-14)20-18(26)24-8-4-7-23(9-10-24)16(25)12-27-2/h3,5-6,11H,4,7-10,12H2,1-2H3,(H,20,26)(H,19,21,22). The van der Waals surface area contributed by atoms with Crippen molar-refractivity contribution in [1.29, 1.82) is 0 Å². The van der Waals surface area contributed by atoms with E-state index in [-0.39, 0.29) is 18.5 Å². The van der Waals surface area contributed by atoms with Gasteiger partial charge in [0, 0.05) is 44.5 Å². The summed E-state index contributed by atoms with van der Waals surface area (Å²) in [5.74, 6) is 1.27. The van der Waals surface area contributed by atoms with Crippen molar-refractivity contribution in [3.63, 3.8) is 0 Å². The summed E-state index contributed by atoms with van der Waals surface area (Å²) >= 11 is 0. The van der Waals surface area contributed by atoms with E-state index in [2.05, 4.69) is 20.5 Å². The van der Waals surface area contributed by atoms with E-state index in [0.717, 1.165) is 17.8 Å². The molecule has 0 spiro atoms. The van der Waals surface area contributed by atoms with E-state index in [4.69, 9.17) is 4.74 Å². The van der Waals surface area contributed by atoms with Crippen molar-refractivity contribution in [3.05, 3.63) is 30.1 Å². The molecule has 1 aromatic heterocycles. The number of hydrogen-bond acceptors (Lipinski definition) is 5. The van der Waals surface area contributed by atoms with Gasteiger partial charge >= 0.3 is 6.03 Å². The largest absolute Gasteiger partial charge is 0.375 e. The number of urea groups is 1. The second kappa shape index (κ2) is 8.63. The van der Waals surface area contributed by atoms with Crippen LogP contribution in [0, 0.1) is 6.92 Å². The Labute approximate surface area is 157 Å². The van der Waals surface area contributed by atoms with E-state index in [1.807, 2.05) is 31.2 Å². The minimum Gasteiger partial charge on any atom is -0.375 e. The van der Waals surface area contributed by atoms with Gasteiger partial charge in [-0.3, -0.25) is 9.89 Å². The summed E-state index contributed by atoms with van der Waals surface area (Å²) in [6.45, 7) is 4.13. The molecular weight excluding hydrogens is 348 g/mol. The smallest absolute Gasteiger partial charge is 0.321 e. The maximum atomic E-state index is 12.6. The molecule has 0 unspecified atom stereocenters. The average Bonchev–Trinajstić information content (AvgIpc) is 2.94. The summed E-state index contributed by atoms with van der Waals surface area (Å²) in [7, 11) is 1.50. The second-order valence-corrected chi connectivity index (χ2v) is 6.41. The van der Waals surface area contributed by atoms with Crippen molar-refractivity contribution in [1.82, 2.24) is 25.0 Å². The lowest BCUT2D eigenvalue weighted by molar-refractivity contribution is -0.134. The summed E-state index contributed by atoms with van der Waals surface area (Å²) < 4.78 is 4.90. The number of amides is 3. The van der Waals surface area contributed by atoms with Gasteiger partial charge in [-0.2, -0.15) is 5.10 Å². The predicted molar refractivity (Wildman–Crippen MR) is 100 cm³/mol. The van der Waals surface area contributed by atoms with Crippen LogP contribution in [0.3, 0.4) is 0 Å². The molecular formula is C18H24N6O3. The normalized spacial score (nSPS) is 14.7. The van der Waals surface area contributed by atoms with Gasteiger partial charge < -0.3 is 19.9 Å². The SMILES string of the molecule is COCC(=O)N1CCCN(C(=O)Nc2cccc(-c3n[nH]c(C)n3)c2)CC1. The van der Waals surface area contributed by atoms with E-state index in [1.54, 1.807) is 9.80 Å². The van der Waals surface area contributed by atoms with E-state index in [9.17, 15) is 9.59 Å². The van der Waals surface area contributed by atoms with Crippen molar-refractivity contribution in [3.8, 4) is 11.4 Å². The number of H-pyrrole nitrogens is 1. The van der Waals surface area contributed by atoms with E-state index in [1.165, 1.54) is 7.11 Å². The Hall–Kier alpha value is -2.94. The molecule has 1 aromatic carbocycles. The van der Waals surface area contributed by atoms with Crippen LogP contribution in [-0.2, 0) is 9.53 Å². The predicted octanol–water partition coefficient (Wildman–Crippen LogP) is 1.49. The van der Waals surface area contributed by atoms with Gasteiger partial charge in [-0.1, -0.05) is 12.1 Å². The van der Waals surface area contributed by atoms with Crippen molar-refractivity contribution in [2.45, 2.75) is 13.3 Å². The van der Waals surface area contributed by atoms with Crippen LogP contribution >= 0.6 is 0 Å². The number of rotatable bonds is 4. The molecule has 0 saturated carbocycles. The molecule has 0 bridgehead atoms. The number of hydrogen-bond donors (Lipinski definition) is 2. The lowest BCUT2D eigenvalue weighted by Crippen LogP contribution is -2.40. The third-order valence-corrected chi connectivity index (χ3v) is 4.37. The number of methoxy groups -OCH3 is 1. The number of nitrogens with zero attached hydrogens (tertiary/aromatic N) is 4. The van der Waals surface area contributed by atoms with Gasteiger partial charge in [0.05, 0.1) is 0 Å². The number of carbonyl (C=O) groups is 2. The number of aromatic amines is 1. The zero-order valence-electron chi connectivity index (χ0n) is 15.6. The number of anilines is 1. The van der Waals surface area contributed by atoms with Crippen LogP contribution in [-0.4, -0.2) is 76.8 Å². The molecule has 1 aliphatic heterocycles. The minimum atomic E-state index is -0.181. The Bertz CT molecular complexity index is 806. The highest BCUT2D eigenvalue weighted by Crippen LogP contribution is 2.19. The first-order chi connectivity index (χ1) is 13.1. The lowest BCUT2D eigenvalue weighted by atomic mass is 10.2.